The second-order valence-electron chi connectivity index (χ2n) is 5.49. The first kappa shape index (κ1) is 16.1. The molecule has 0 N–H and O–H groups in total. The Labute approximate surface area is 145 Å². The maximum atomic E-state index is 12.6. The predicted molar refractivity (Wildman–Crippen MR) is 99.3 cm³/mol. The lowest BCUT2D eigenvalue weighted by Gasteiger charge is -2.03. The van der Waals surface area contributed by atoms with E-state index in [1.807, 2.05) is 61.5 Å². The van der Waals surface area contributed by atoms with E-state index in [9.17, 15) is 4.79 Å². The molecule has 0 radical (unpaired) electrons. The van der Waals surface area contributed by atoms with Crippen LogP contribution in [0.3, 0.4) is 0 Å². The van der Waals surface area contributed by atoms with Crippen LogP contribution in [-0.2, 0) is 0 Å². The molecule has 1 heterocycles. The van der Waals surface area contributed by atoms with E-state index >= 15 is 0 Å². The van der Waals surface area contributed by atoms with Gasteiger partial charge < -0.3 is 4.90 Å². The molecule has 24 heavy (non-hydrogen) atoms. The summed E-state index contributed by atoms with van der Waals surface area (Å²) in [5.74, 6) is -0.0292. The molecule has 0 atom stereocenters. The summed E-state index contributed by atoms with van der Waals surface area (Å²) in [5.41, 5.74) is 2.88. The van der Waals surface area contributed by atoms with E-state index in [4.69, 9.17) is 0 Å². The molecule has 120 valence electrons. The highest BCUT2D eigenvalue weighted by Crippen LogP contribution is 2.25. The average Bonchev–Trinajstić information content (AvgIpc) is 3.09. The van der Waals surface area contributed by atoms with Crippen molar-refractivity contribution in [1.82, 2.24) is 9.88 Å². The number of rotatable bonds is 5. The molecule has 2 aromatic carbocycles. The average molecular weight is 335 g/mol. The number of benzene rings is 2. The van der Waals surface area contributed by atoms with Gasteiger partial charge in [-0.2, -0.15) is 0 Å². The zero-order valence-electron chi connectivity index (χ0n) is 13.5. The van der Waals surface area contributed by atoms with Crippen LogP contribution in [0.25, 0.3) is 11.1 Å². The van der Waals surface area contributed by atoms with Gasteiger partial charge in [0.05, 0.1) is 17.4 Å². The van der Waals surface area contributed by atoms with Gasteiger partial charge in [0.15, 0.2) is 0 Å². The minimum atomic E-state index is -0.0292. The fourth-order valence-electron chi connectivity index (χ4n) is 2.18. The Bertz CT molecular complexity index is 852. The normalized spacial score (nSPS) is 10.9. The van der Waals surface area contributed by atoms with Gasteiger partial charge >= 0.3 is 0 Å². The smallest absolute Gasteiger partial charge is 0.211 e. The Kier molecular flexibility index (Phi) is 4.82. The molecule has 0 bridgehead atoms. The van der Waals surface area contributed by atoms with Crippen molar-refractivity contribution in [1.29, 1.82) is 0 Å². The molecule has 0 aliphatic carbocycles. The zero-order valence-corrected chi connectivity index (χ0v) is 14.3. The quantitative estimate of drug-likeness (QED) is 0.397. The Morgan fingerprint density at radius 3 is 2.38 bits per heavy atom. The second-order valence-corrected chi connectivity index (χ2v) is 6.50. The first-order valence-corrected chi connectivity index (χ1v) is 8.32. The lowest BCUT2D eigenvalue weighted by molar-refractivity contribution is 0.104. The van der Waals surface area contributed by atoms with Gasteiger partial charge in [-0.05, 0) is 11.1 Å². The molecule has 0 amide bonds. The Morgan fingerprint density at radius 2 is 1.71 bits per heavy atom. The van der Waals surface area contributed by atoms with Crippen molar-refractivity contribution in [3.63, 3.8) is 0 Å². The van der Waals surface area contributed by atoms with Gasteiger partial charge in [0.25, 0.3) is 0 Å². The number of hydrogen-bond donors (Lipinski definition) is 0. The summed E-state index contributed by atoms with van der Waals surface area (Å²) >= 11 is 1.29. The van der Waals surface area contributed by atoms with Crippen molar-refractivity contribution in [3.05, 3.63) is 71.2 Å². The second kappa shape index (κ2) is 7.19. The maximum absolute atomic E-state index is 12.6. The highest BCUT2D eigenvalue weighted by Gasteiger charge is 2.13. The number of nitrogens with zero attached hydrogens (tertiary/aromatic N) is 3. The molecule has 3 aromatic rings. The Balaban J connectivity index is 1.78. The molecule has 4 nitrogen and oxygen atoms in total. The van der Waals surface area contributed by atoms with Crippen LogP contribution >= 0.6 is 11.3 Å². The van der Waals surface area contributed by atoms with Gasteiger partial charge in [0.1, 0.15) is 0 Å². The number of thiazole rings is 1. The summed E-state index contributed by atoms with van der Waals surface area (Å²) in [5, 5.41) is 0.577. The van der Waals surface area contributed by atoms with Gasteiger partial charge in [-0.1, -0.05) is 65.9 Å². The van der Waals surface area contributed by atoms with Crippen molar-refractivity contribution in [2.24, 2.45) is 4.99 Å². The van der Waals surface area contributed by atoms with E-state index in [2.05, 4.69) is 22.1 Å². The molecule has 0 aliphatic heterocycles. The number of carbonyl (C=O) groups excluding carboxylic acids is 1. The first-order valence-electron chi connectivity index (χ1n) is 7.50. The van der Waals surface area contributed by atoms with Crippen LogP contribution in [0.5, 0.6) is 0 Å². The minimum absolute atomic E-state index is 0.0292. The third-order valence-electron chi connectivity index (χ3n) is 3.37. The van der Waals surface area contributed by atoms with E-state index in [0.29, 0.717) is 15.6 Å². The fourth-order valence-corrected chi connectivity index (χ4v) is 2.90. The molecular weight excluding hydrogens is 318 g/mol. The minimum Gasteiger partial charge on any atom is -0.369 e. The Morgan fingerprint density at radius 1 is 1.04 bits per heavy atom. The van der Waals surface area contributed by atoms with E-state index in [1.165, 1.54) is 11.3 Å². The molecule has 1 aromatic heterocycles. The summed E-state index contributed by atoms with van der Waals surface area (Å²) < 4.78 is 0. The summed E-state index contributed by atoms with van der Waals surface area (Å²) in [6.07, 6.45) is 3.25. The summed E-state index contributed by atoms with van der Waals surface area (Å²) in [6, 6.07) is 17.7. The zero-order chi connectivity index (χ0) is 16.9. The largest absolute Gasteiger partial charge is 0.369 e. The van der Waals surface area contributed by atoms with Crippen LogP contribution in [0.2, 0.25) is 0 Å². The van der Waals surface area contributed by atoms with E-state index < -0.39 is 0 Å². The van der Waals surface area contributed by atoms with Crippen LogP contribution in [0.1, 0.15) is 15.2 Å². The molecule has 0 saturated heterocycles. The fraction of sp³-hybridized carbons (Fsp3) is 0.105. The number of hydrogen-bond acceptors (Lipinski definition) is 4. The molecule has 3 rings (SSSR count). The lowest BCUT2D eigenvalue weighted by atomic mass is 10.0. The van der Waals surface area contributed by atoms with Crippen molar-refractivity contribution in [2.45, 2.75) is 0 Å². The van der Waals surface area contributed by atoms with Crippen LogP contribution < -0.4 is 0 Å². The third-order valence-corrected chi connectivity index (χ3v) is 4.27. The number of carbonyl (C=O) groups is 1. The van der Waals surface area contributed by atoms with Gasteiger partial charge in [0, 0.05) is 19.7 Å². The molecule has 0 aliphatic rings. The monoisotopic (exact) mass is 335 g/mol. The Hall–Kier alpha value is -2.79. The highest BCUT2D eigenvalue weighted by atomic mass is 32.1. The van der Waals surface area contributed by atoms with Crippen molar-refractivity contribution in [3.8, 4) is 11.1 Å². The SMILES string of the molecule is CN(C)/C=N/c1ncc(C(=O)c2ccc(-c3ccccc3)cc2)s1. The van der Waals surface area contributed by atoms with E-state index in [0.717, 1.165) is 11.1 Å². The molecule has 0 unspecified atom stereocenters. The highest BCUT2D eigenvalue weighted by molar-refractivity contribution is 7.17. The van der Waals surface area contributed by atoms with Crippen LogP contribution in [-0.4, -0.2) is 36.1 Å². The van der Waals surface area contributed by atoms with Crippen LogP contribution in [0.4, 0.5) is 5.13 Å². The molecule has 0 fully saturated rings. The van der Waals surface area contributed by atoms with Crippen molar-refractivity contribution >= 4 is 28.6 Å². The number of aliphatic imine (C=N–C) groups is 1. The first-order chi connectivity index (χ1) is 11.6. The predicted octanol–water partition coefficient (Wildman–Crippen LogP) is 4.26. The maximum Gasteiger partial charge on any atom is 0.211 e. The van der Waals surface area contributed by atoms with E-state index in [-0.39, 0.29) is 5.78 Å². The third kappa shape index (κ3) is 3.75. The molecule has 5 heteroatoms. The van der Waals surface area contributed by atoms with Crippen molar-refractivity contribution < 1.29 is 4.79 Å². The van der Waals surface area contributed by atoms with Crippen LogP contribution in [0.15, 0.2) is 65.8 Å². The lowest BCUT2D eigenvalue weighted by Crippen LogP contribution is -2.06. The van der Waals surface area contributed by atoms with Gasteiger partial charge in [-0.3, -0.25) is 4.79 Å². The molecule has 0 spiro atoms. The standard InChI is InChI=1S/C19H17N3OS/c1-22(2)13-21-19-20-12-17(24-19)18(23)16-10-8-15(9-11-16)14-6-4-3-5-7-14/h3-13H,1-2H3/b21-13+. The number of ketones is 1. The molecule has 0 saturated carbocycles. The molecular formula is C19H17N3OS. The van der Waals surface area contributed by atoms with Gasteiger partial charge in [-0.15, -0.1) is 0 Å². The van der Waals surface area contributed by atoms with Crippen LogP contribution in [0, 0.1) is 0 Å². The van der Waals surface area contributed by atoms with E-state index in [1.54, 1.807) is 12.5 Å². The summed E-state index contributed by atoms with van der Waals surface area (Å²) in [7, 11) is 3.77. The van der Waals surface area contributed by atoms with Gasteiger partial charge in [0.2, 0.25) is 10.9 Å². The van der Waals surface area contributed by atoms with Crippen molar-refractivity contribution in [2.75, 3.05) is 14.1 Å². The summed E-state index contributed by atoms with van der Waals surface area (Å²) in [6.45, 7) is 0. The summed E-state index contributed by atoms with van der Waals surface area (Å²) in [4.78, 5) is 23.4. The van der Waals surface area contributed by atoms with Gasteiger partial charge in [-0.25, -0.2) is 9.98 Å². The topological polar surface area (TPSA) is 45.6 Å². The number of aromatic nitrogens is 1.